The maximum Gasteiger partial charge on any atom is 0.318 e. The van der Waals surface area contributed by atoms with Crippen molar-refractivity contribution >= 4 is 11.9 Å². The zero-order valence-electron chi connectivity index (χ0n) is 15.9. The summed E-state index contributed by atoms with van der Waals surface area (Å²) in [5.74, 6) is 1.40. The van der Waals surface area contributed by atoms with E-state index >= 15 is 0 Å². The molecule has 1 N–H and O–H groups in total. The van der Waals surface area contributed by atoms with Crippen molar-refractivity contribution in [2.75, 3.05) is 24.5 Å². The number of rotatable bonds is 6. The number of hydrogen-bond acceptors (Lipinski definition) is 5. The van der Waals surface area contributed by atoms with Gasteiger partial charge in [0.15, 0.2) is 0 Å². The number of carbonyl (C=O) groups is 1. The Morgan fingerprint density at radius 3 is 2.58 bits per heavy atom. The summed E-state index contributed by atoms with van der Waals surface area (Å²) in [4.78, 5) is 14.3. The minimum atomic E-state index is 0.0814. The van der Waals surface area contributed by atoms with E-state index < -0.39 is 0 Å². The molecule has 6 heteroatoms. The number of nitrogens with one attached hydrogen (secondary N) is 1. The van der Waals surface area contributed by atoms with Gasteiger partial charge < -0.3 is 14.6 Å². The maximum atomic E-state index is 12.3. The summed E-state index contributed by atoms with van der Waals surface area (Å²) in [5, 5.41) is 11.4. The Labute approximate surface area is 155 Å². The quantitative estimate of drug-likeness (QED) is 0.859. The van der Waals surface area contributed by atoms with Gasteiger partial charge in [0.2, 0.25) is 11.8 Å². The average molecular weight is 356 g/mol. The molecule has 0 aliphatic carbocycles. The second-order valence-electron chi connectivity index (χ2n) is 7.49. The lowest BCUT2D eigenvalue weighted by Crippen LogP contribution is -2.41. The van der Waals surface area contributed by atoms with Crippen molar-refractivity contribution in [3.8, 4) is 11.5 Å². The number of aryl methyl sites for hydroxylation is 1. The Kier molecular flexibility index (Phi) is 5.91. The SMILES string of the molecule is Cc1ccc(-c2nnc(N3CCC(C(=O)NCCC(C)C)CC3)o2)cc1. The van der Waals surface area contributed by atoms with Crippen molar-refractivity contribution in [3.63, 3.8) is 0 Å². The first kappa shape index (κ1) is 18.4. The number of anilines is 1. The normalized spacial score (nSPS) is 15.5. The second-order valence-corrected chi connectivity index (χ2v) is 7.49. The molecule has 1 aromatic heterocycles. The molecule has 0 atom stereocenters. The van der Waals surface area contributed by atoms with Crippen molar-refractivity contribution in [2.45, 2.75) is 40.0 Å². The molecule has 0 radical (unpaired) electrons. The Balaban J connectivity index is 1.52. The van der Waals surface area contributed by atoms with Gasteiger partial charge in [-0.05, 0) is 44.2 Å². The van der Waals surface area contributed by atoms with Crippen LogP contribution in [-0.2, 0) is 4.79 Å². The van der Waals surface area contributed by atoms with Gasteiger partial charge in [0.25, 0.3) is 0 Å². The molecule has 0 spiro atoms. The van der Waals surface area contributed by atoms with E-state index in [9.17, 15) is 4.79 Å². The van der Waals surface area contributed by atoms with E-state index in [4.69, 9.17) is 4.42 Å². The molecule has 2 heterocycles. The van der Waals surface area contributed by atoms with E-state index in [-0.39, 0.29) is 11.8 Å². The van der Waals surface area contributed by atoms with Gasteiger partial charge in [-0.25, -0.2) is 0 Å². The molecular formula is C20H28N4O2. The van der Waals surface area contributed by atoms with Crippen LogP contribution in [0.5, 0.6) is 0 Å². The molecule has 1 fully saturated rings. The van der Waals surface area contributed by atoms with Crippen LogP contribution in [0.3, 0.4) is 0 Å². The van der Waals surface area contributed by atoms with Crippen LogP contribution < -0.4 is 10.2 Å². The van der Waals surface area contributed by atoms with Crippen LogP contribution in [0.1, 0.15) is 38.7 Å². The van der Waals surface area contributed by atoms with Gasteiger partial charge in [-0.15, -0.1) is 5.10 Å². The molecule has 2 aromatic rings. The largest absolute Gasteiger partial charge is 0.403 e. The van der Waals surface area contributed by atoms with Gasteiger partial charge >= 0.3 is 6.01 Å². The minimum absolute atomic E-state index is 0.0814. The van der Waals surface area contributed by atoms with Crippen molar-refractivity contribution in [1.82, 2.24) is 15.5 Å². The van der Waals surface area contributed by atoms with Crippen molar-refractivity contribution in [2.24, 2.45) is 11.8 Å². The molecule has 1 saturated heterocycles. The third kappa shape index (κ3) is 4.62. The van der Waals surface area contributed by atoms with E-state index in [2.05, 4.69) is 34.3 Å². The summed E-state index contributed by atoms with van der Waals surface area (Å²) in [5.41, 5.74) is 2.12. The Morgan fingerprint density at radius 1 is 1.23 bits per heavy atom. The van der Waals surface area contributed by atoms with Crippen LogP contribution in [0.15, 0.2) is 28.7 Å². The standard InChI is InChI=1S/C20H28N4O2/c1-14(2)8-11-21-18(25)16-9-12-24(13-10-16)20-23-22-19(26-20)17-6-4-15(3)5-7-17/h4-7,14,16H,8-13H2,1-3H3,(H,21,25). The lowest BCUT2D eigenvalue weighted by atomic mass is 9.96. The van der Waals surface area contributed by atoms with Gasteiger partial charge in [-0.1, -0.05) is 36.6 Å². The fourth-order valence-electron chi connectivity index (χ4n) is 3.12. The number of aromatic nitrogens is 2. The van der Waals surface area contributed by atoms with Crippen molar-refractivity contribution < 1.29 is 9.21 Å². The van der Waals surface area contributed by atoms with Gasteiger partial charge in [0.05, 0.1) is 0 Å². The molecule has 140 valence electrons. The van der Waals surface area contributed by atoms with Crippen LogP contribution in [0, 0.1) is 18.8 Å². The Hall–Kier alpha value is -2.37. The average Bonchev–Trinajstić information content (AvgIpc) is 3.12. The van der Waals surface area contributed by atoms with E-state index in [1.165, 1.54) is 5.56 Å². The van der Waals surface area contributed by atoms with Crippen LogP contribution >= 0.6 is 0 Å². The smallest absolute Gasteiger partial charge is 0.318 e. The Morgan fingerprint density at radius 2 is 1.92 bits per heavy atom. The maximum absolute atomic E-state index is 12.3. The predicted octanol–water partition coefficient (Wildman–Crippen LogP) is 3.42. The summed E-state index contributed by atoms with van der Waals surface area (Å²) >= 11 is 0. The highest BCUT2D eigenvalue weighted by Crippen LogP contribution is 2.26. The highest BCUT2D eigenvalue weighted by molar-refractivity contribution is 5.78. The molecule has 1 aliphatic heterocycles. The number of piperidine rings is 1. The molecular weight excluding hydrogens is 328 g/mol. The van der Waals surface area contributed by atoms with Crippen molar-refractivity contribution in [1.29, 1.82) is 0 Å². The first-order valence-corrected chi connectivity index (χ1v) is 9.46. The summed E-state index contributed by atoms with van der Waals surface area (Å²) in [7, 11) is 0. The molecule has 0 bridgehead atoms. The minimum Gasteiger partial charge on any atom is -0.403 e. The van der Waals surface area contributed by atoms with Gasteiger partial charge in [-0.2, -0.15) is 0 Å². The van der Waals surface area contributed by atoms with Gasteiger partial charge in [-0.3, -0.25) is 4.79 Å². The Bertz CT molecular complexity index is 716. The third-order valence-corrected chi connectivity index (χ3v) is 4.87. The lowest BCUT2D eigenvalue weighted by molar-refractivity contribution is -0.125. The van der Waals surface area contributed by atoms with E-state index in [1.54, 1.807) is 0 Å². The fraction of sp³-hybridized carbons (Fsp3) is 0.550. The van der Waals surface area contributed by atoms with E-state index in [1.807, 2.05) is 31.2 Å². The molecule has 1 aromatic carbocycles. The summed E-state index contributed by atoms with van der Waals surface area (Å²) in [6.07, 6.45) is 2.65. The van der Waals surface area contributed by atoms with Crippen molar-refractivity contribution in [3.05, 3.63) is 29.8 Å². The zero-order valence-corrected chi connectivity index (χ0v) is 15.9. The zero-order chi connectivity index (χ0) is 18.5. The van der Waals surface area contributed by atoms with Crippen LogP contribution in [0.25, 0.3) is 11.5 Å². The number of amides is 1. The lowest BCUT2D eigenvalue weighted by Gasteiger charge is -2.29. The summed E-state index contributed by atoms with van der Waals surface area (Å²) in [6.45, 7) is 8.67. The van der Waals surface area contributed by atoms with Crippen LogP contribution in [-0.4, -0.2) is 35.7 Å². The number of hydrogen-bond donors (Lipinski definition) is 1. The highest BCUT2D eigenvalue weighted by Gasteiger charge is 2.27. The van der Waals surface area contributed by atoms with Crippen LogP contribution in [0.2, 0.25) is 0 Å². The molecule has 1 amide bonds. The number of nitrogens with zero attached hydrogens (tertiary/aromatic N) is 3. The van der Waals surface area contributed by atoms with Crippen LogP contribution in [0.4, 0.5) is 6.01 Å². The monoisotopic (exact) mass is 356 g/mol. The van der Waals surface area contributed by atoms with Gasteiger partial charge in [0, 0.05) is 31.1 Å². The number of carbonyl (C=O) groups excluding carboxylic acids is 1. The predicted molar refractivity (Wildman–Crippen MR) is 102 cm³/mol. The molecule has 0 saturated carbocycles. The third-order valence-electron chi connectivity index (χ3n) is 4.87. The highest BCUT2D eigenvalue weighted by atomic mass is 16.4. The molecule has 1 aliphatic rings. The first-order valence-electron chi connectivity index (χ1n) is 9.46. The fourth-order valence-corrected chi connectivity index (χ4v) is 3.12. The first-order chi connectivity index (χ1) is 12.5. The van der Waals surface area contributed by atoms with Gasteiger partial charge in [0.1, 0.15) is 0 Å². The molecule has 0 unspecified atom stereocenters. The molecule has 3 rings (SSSR count). The number of benzene rings is 1. The van der Waals surface area contributed by atoms with E-state index in [0.717, 1.165) is 44.5 Å². The molecule has 26 heavy (non-hydrogen) atoms. The summed E-state index contributed by atoms with van der Waals surface area (Å²) in [6, 6.07) is 8.57. The van der Waals surface area contributed by atoms with E-state index in [0.29, 0.717) is 17.8 Å². The second kappa shape index (κ2) is 8.34. The molecule has 6 nitrogen and oxygen atoms in total. The summed E-state index contributed by atoms with van der Waals surface area (Å²) < 4.78 is 5.84. The topological polar surface area (TPSA) is 71.3 Å².